The van der Waals surface area contributed by atoms with Gasteiger partial charge < -0.3 is 14.6 Å². The van der Waals surface area contributed by atoms with Crippen LogP contribution in [0.15, 0.2) is 0 Å². The first-order valence-electron chi connectivity index (χ1n) is 15.6. The van der Waals surface area contributed by atoms with Crippen LogP contribution in [0.5, 0.6) is 0 Å². The van der Waals surface area contributed by atoms with Crippen LogP contribution in [0.4, 0.5) is 0 Å². The van der Waals surface area contributed by atoms with E-state index in [0.29, 0.717) is 19.6 Å². The third kappa shape index (κ3) is 27.8. The van der Waals surface area contributed by atoms with Crippen molar-refractivity contribution >= 4 is 5.97 Å². The molecule has 0 amide bonds. The molecule has 0 rings (SSSR count). The van der Waals surface area contributed by atoms with E-state index in [2.05, 4.69) is 6.92 Å². The highest BCUT2D eigenvalue weighted by Crippen LogP contribution is 2.15. The molecule has 0 aromatic heterocycles. The molecule has 4 heteroatoms. The van der Waals surface area contributed by atoms with Gasteiger partial charge in [0, 0.05) is 13.0 Å². The second kappa shape index (κ2) is 29.6. The van der Waals surface area contributed by atoms with Crippen molar-refractivity contribution in [3.05, 3.63) is 0 Å². The monoisotopic (exact) mass is 498 g/mol. The number of hydrogen-bond acceptors (Lipinski definition) is 4. The fourth-order valence-electron chi connectivity index (χ4n) is 4.60. The summed E-state index contributed by atoms with van der Waals surface area (Å²) in [5.41, 5.74) is 0. The summed E-state index contributed by atoms with van der Waals surface area (Å²) < 4.78 is 10.6. The minimum Gasteiger partial charge on any atom is -0.457 e. The second-order valence-corrected chi connectivity index (χ2v) is 10.5. The summed E-state index contributed by atoms with van der Waals surface area (Å²) in [5.74, 6) is -0.285. The smallest absolute Gasteiger partial charge is 0.305 e. The van der Waals surface area contributed by atoms with Gasteiger partial charge in [0.25, 0.3) is 0 Å². The van der Waals surface area contributed by atoms with Crippen LogP contribution in [0.25, 0.3) is 0 Å². The predicted molar refractivity (Wildman–Crippen MR) is 150 cm³/mol. The van der Waals surface area contributed by atoms with Gasteiger partial charge in [-0.05, 0) is 6.42 Å². The molecule has 0 heterocycles. The number of aliphatic hydroxyl groups is 1. The lowest BCUT2D eigenvalue weighted by molar-refractivity contribution is -0.154. The summed E-state index contributed by atoms with van der Waals surface area (Å²) >= 11 is 0. The van der Waals surface area contributed by atoms with Gasteiger partial charge >= 0.3 is 5.97 Å². The third-order valence-electron chi connectivity index (χ3n) is 6.99. The van der Waals surface area contributed by atoms with Crippen molar-refractivity contribution in [2.24, 2.45) is 0 Å². The maximum atomic E-state index is 11.2. The molecule has 0 spiro atoms. The minimum absolute atomic E-state index is 0.175. The number of hydrogen-bond donors (Lipinski definition) is 1. The first kappa shape index (κ1) is 34.4. The Labute approximate surface area is 219 Å². The molecule has 0 radical (unpaired) electrons. The molecule has 0 aliphatic carbocycles. The van der Waals surface area contributed by atoms with Crippen LogP contribution in [0.2, 0.25) is 0 Å². The van der Waals surface area contributed by atoms with E-state index in [1.165, 1.54) is 141 Å². The molecule has 0 aliphatic heterocycles. The van der Waals surface area contributed by atoms with Gasteiger partial charge in [0.05, 0.1) is 13.2 Å². The molecule has 0 aliphatic rings. The van der Waals surface area contributed by atoms with Gasteiger partial charge in [0.1, 0.15) is 6.10 Å². The van der Waals surface area contributed by atoms with E-state index in [-0.39, 0.29) is 12.6 Å². The molecule has 0 bridgehead atoms. The number of rotatable bonds is 29. The highest BCUT2D eigenvalue weighted by atomic mass is 16.6. The zero-order valence-corrected chi connectivity index (χ0v) is 23.8. The van der Waals surface area contributed by atoms with Crippen molar-refractivity contribution < 1.29 is 19.4 Å². The van der Waals surface area contributed by atoms with Crippen LogP contribution >= 0.6 is 0 Å². The fraction of sp³-hybridized carbons (Fsp3) is 0.968. The maximum absolute atomic E-state index is 11.2. The van der Waals surface area contributed by atoms with Gasteiger partial charge in [-0.15, -0.1) is 0 Å². The number of aliphatic hydroxyl groups excluding tert-OH is 1. The number of carbonyl (C=O) groups is 1. The Morgan fingerprint density at radius 3 is 1.23 bits per heavy atom. The minimum atomic E-state index is -0.521. The summed E-state index contributed by atoms with van der Waals surface area (Å²) in [7, 11) is 0. The van der Waals surface area contributed by atoms with Crippen molar-refractivity contribution in [3.8, 4) is 0 Å². The Hall–Kier alpha value is -0.610. The topological polar surface area (TPSA) is 55.8 Å². The number of unbranched alkanes of at least 4 members (excludes halogenated alkanes) is 22. The van der Waals surface area contributed by atoms with Gasteiger partial charge in [-0.3, -0.25) is 4.79 Å². The molecule has 0 saturated carbocycles. The summed E-state index contributed by atoms with van der Waals surface area (Å²) in [4.78, 5) is 11.2. The van der Waals surface area contributed by atoms with E-state index in [1.807, 2.05) is 0 Å². The maximum Gasteiger partial charge on any atom is 0.305 e. The van der Waals surface area contributed by atoms with Crippen LogP contribution in [-0.4, -0.2) is 37.0 Å². The van der Waals surface area contributed by atoms with Gasteiger partial charge in [-0.25, -0.2) is 0 Å². The lowest BCUT2D eigenvalue weighted by Gasteiger charge is -2.15. The molecular weight excluding hydrogens is 436 g/mol. The van der Waals surface area contributed by atoms with Crippen molar-refractivity contribution in [2.75, 3.05) is 19.8 Å². The molecule has 0 saturated heterocycles. The van der Waals surface area contributed by atoms with E-state index in [9.17, 15) is 9.90 Å². The molecule has 0 fully saturated rings. The number of esters is 1. The predicted octanol–water partition coefficient (Wildman–Crippen LogP) is 9.31. The Kier molecular flexibility index (Phi) is 29.1. The largest absolute Gasteiger partial charge is 0.457 e. The molecule has 0 aromatic carbocycles. The Balaban J connectivity index is 3.14. The Morgan fingerprint density at radius 1 is 0.571 bits per heavy atom. The summed E-state index contributed by atoms with van der Waals surface area (Å²) in [6, 6.07) is 0. The third-order valence-corrected chi connectivity index (χ3v) is 6.99. The van der Waals surface area contributed by atoms with E-state index in [1.54, 1.807) is 6.92 Å². The van der Waals surface area contributed by atoms with Crippen LogP contribution in [-0.2, 0) is 14.3 Å². The summed E-state index contributed by atoms with van der Waals surface area (Å²) in [6.45, 7) is 4.84. The molecule has 0 aromatic rings. The van der Waals surface area contributed by atoms with E-state index in [4.69, 9.17) is 9.47 Å². The van der Waals surface area contributed by atoms with Crippen molar-refractivity contribution in [3.63, 3.8) is 0 Å². The van der Waals surface area contributed by atoms with Gasteiger partial charge in [-0.1, -0.05) is 155 Å². The normalized spacial score (nSPS) is 12.2. The molecule has 35 heavy (non-hydrogen) atoms. The zero-order chi connectivity index (χ0) is 25.7. The summed E-state index contributed by atoms with van der Waals surface area (Å²) in [5, 5.41) is 9.20. The van der Waals surface area contributed by atoms with E-state index < -0.39 is 6.10 Å². The van der Waals surface area contributed by atoms with Crippen LogP contribution in [0.1, 0.15) is 168 Å². The first-order valence-corrected chi connectivity index (χ1v) is 15.6. The molecule has 1 N–H and O–H groups in total. The van der Waals surface area contributed by atoms with Crippen LogP contribution in [0, 0.1) is 0 Å². The SMILES string of the molecule is CCCCCCCCCCCCCCCCCCCCCCCCCOCC(CO)OC(=O)CC. The molecule has 210 valence electrons. The Morgan fingerprint density at radius 2 is 0.914 bits per heavy atom. The fourth-order valence-corrected chi connectivity index (χ4v) is 4.60. The van der Waals surface area contributed by atoms with Crippen molar-refractivity contribution in [1.29, 1.82) is 0 Å². The molecular formula is C31H62O4. The highest BCUT2D eigenvalue weighted by molar-refractivity contribution is 5.69. The lowest BCUT2D eigenvalue weighted by Crippen LogP contribution is -2.27. The second-order valence-electron chi connectivity index (χ2n) is 10.5. The quantitative estimate of drug-likeness (QED) is 0.0824. The van der Waals surface area contributed by atoms with Crippen molar-refractivity contribution in [1.82, 2.24) is 0 Å². The van der Waals surface area contributed by atoms with Gasteiger partial charge in [-0.2, -0.15) is 0 Å². The standard InChI is InChI=1S/C31H62O4/c1-3-5-6-7-8-9-10-11-12-13-14-15-16-17-18-19-20-21-22-23-24-25-26-27-34-29-30(28-32)35-31(33)4-2/h30,32H,3-29H2,1-2H3. The van der Waals surface area contributed by atoms with Gasteiger partial charge in [0.15, 0.2) is 0 Å². The number of carbonyl (C=O) groups excluding carboxylic acids is 1. The summed E-state index contributed by atoms with van der Waals surface area (Å²) in [6.07, 6.45) is 31.9. The highest BCUT2D eigenvalue weighted by Gasteiger charge is 2.12. The van der Waals surface area contributed by atoms with E-state index in [0.717, 1.165) is 6.42 Å². The molecule has 1 atom stereocenters. The van der Waals surface area contributed by atoms with E-state index >= 15 is 0 Å². The van der Waals surface area contributed by atoms with Crippen LogP contribution < -0.4 is 0 Å². The lowest BCUT2D eigenvalue weighted by atomic mass is 10.0. The van der Waals surface area contributed by atoms with Gasteiger partial charge in [0.2, 0.25) is 0 Å². The number of ether oxygens (including phenoxy) is 2. The first-order chi connectivity index (χ1) is 17.2. The average Bonchev–Trinajstić information content (AvgIpc) is 2.87. The Bertz CT molecular complexity index is 413. The zero-order valence-electron chi connectivity index (χ0n) is 23.8. The van der Waals surface area contributed by atoms with Crippen molar-refractivity contribution in [2.45, 2.75) is 174 Å². The van der Waals surface area contributed by atoms with Crippen LogP contribution in [0.3, 0.4) is 0 Å². The molecule has 1 unspecified atom stereocenters. The molecule has 4 nitrogen and oxygen atoms in total. The average molecular weight is 499 g/mol.